The SMILES string of the molecule is O=Cc1cccc2c1ccn2CCc1ccncc1. The summed E-state index contributed by atoms with van der Waals surface area (Å²) in [5.74, 6) is 0. The molecule has 0 unspecified atom stereocenters. The van der Waals surface area contributed by atoms with Crippen molar-refractivity contribution in [3.63, 3.8) is 0 Å². The lowest BCUT2D eigenvalue weighted by molar-refractivity contribution is 0.112. The summed E-state index contributed by atoms with van der Waals surface area (Å²) in [5.41, 5.74) is 3.13. The Morgan fingerprint density at radius 3 is 2.74 bits per heavy atom. The van der Waals surface area contributed by atoms with Gasteiger partial charge in [-0.2, -0.15) is 0 Å². The summed E-state index contributed by atoms with van der Waals surface area (Å²) < 4.78 is 2.18. The molecule has 1 aromatic carbocycles. The molecule has 0 saturated carbocycles. The molecule has 0 radical (unpaired) electrons. The molecule has 0 aliphatic heterocycles. The first-order valence-corrected chi connectivity index (χ1v) is 6.30. The van der Waals surface area contributed by atoms with Crippen LogP contribution in [0.5, 0.6) is 0 Å². The summed E-state index contributed by atoms with van der Waals surface area (Å²) in [5, 5.41) is 1.02. The molecule has 94 valence electrons. The van der Waals surface area contributed by atoms with Crippen molar-refractivity contribution >= 4 is 17.2 Å². The Kier molecular flexibility index (Phi) is 3.11. The fraction of sp³-hybridized carbons (Fsp3) is 0.125. The number of hydrogen-bond acceptors (Lipinski definition) is 2. The van der Waals surface area contributed by atoms with E-state index in [2.05, 4.69) is 15.6 Å². The Bertz CT molecular complexity index is 701. The largest absolute Gasteiger partial charge is 0.347 e. The Labute approximate surface area is 111 Å². The highest BCUT2D eigenvalue weighted by Crippen LogP contribution is 2.19. The van der Waals surface area contributed by atoms with Gasteiger partial charge in [-0.05, 0) is 36.2 Å². The van der Waals surface area contributed by atoms with E-state index in [1.54, 1.807) is 0 Å². The number of fused-ring (bicyclic) bond motifs is 1. The molecule has 0 spiro atoms. The van der Waals surface area contributed by atoms with Crippen molar-refractivity contribution in [3.05, 3.63) is 66.1 Å². The van der Waals surface area contributed by atoms with E-state index < -0.39 is 0 Å². The van der Waals surface area contributed by atoms with Crippen molar-refractivity contribution in [2.75, 3.05) is 0 Å². The molecule has 3 heteroatoms. The lowest BCUT2D eigenvalue weighted by atomic mass is 10.1. The molecule has 0 aliphatic carbocycles. The van der Waals surface area contributed by atoms with Gasteiger partial charge < -0.3 is 4.57 Å². The van der Waals surface area contributed by atoms with E-state index in [9.17, 15) is 4.79 Å². The van der Waals surface area contributed by atoms with Gasteiger partial charge in [0.05, 0.1) is 0 Å². The zero-order valence-electron chi connectivity index (χ0n) is 10.5. The molecule has 2 heterocycles. The summed E-state index contributed by atoms with van der Waals surface area (Å²) in [7, 11) is 0. The van der Waals surface area contributed by atoms with Crippen LogP contribution in [0.2, 0.25) is 0 Å². The van der Waals surface area contributed by atoms with E-state index >= 15 is 0 Å². The van der Waals surface area contributed by atoms with Crippen molar-refractivity contribution in [1.29, 1.82) is 0 Å². The monoisotopic (exact) mass is 250 g/mol. The second-order valence-corrected chi connectivity index (χ2v) is 4.51. The quantitative estimate of drug-likeness (QED) is 0.667. The Morgan fingerprint density at radius 1 is 1.11 bits per heavy atom. The average Bonchev–Trinajstić information content (AvgIpc) is 2.89. The van der Waals surface area contributed by atoms with Gasteiger partial charge in [-0.15, -0.1) is 0 Å². The van der Waals surface area contributed by atoms with Crippen LogP contribution in [0.3, 0.4) is 0 Å². The zero-order chi connectivity index (χ0) is 13.1. The first-order chi connectivity index (χ1) is 9.38. The third kappa shape index (κ3) is 2.27. The lowest BCUT2D eigenvalue weighted by Gasteiger charge is -2.06. The molecule has 0 saturated heterocycles. The minimum Gasteiger partial charge on any atom is -0.347 e. The lowest BCUT2D eigenvalue weighted by Crippen LogP contribution is -1.99. The van der Waals surface area contributed by atoms with E-state index in [1.165, 1.54) is 5.56 Å². The summed E-state index contributed by atoms with van der Waals surface area (Å²) in [6.07, 6.45) is 7.53. The van der Waals surface area contributed by atoms with Crippen molar-refractivity contribution in [2.45, 2.75) is 13.0 Å². The van der Waals surface area contributed by atoms with Crippen LogP contribution >= 0.6 is 0 Å². The maximum Gasteiger partial charge on any atom is 0.150 e. The third-order valence-corrected chi connectivity index (χ3v) is 3.37. The minimum atomic E-state index is 0.750. The molecule has 0 amide bonds. The van der Waals surface area contributed by atoms with Crippen LogP contribution in [0.25, 0.3) is 10.9 Å². The maximum absolute atomic E-state index is 11.0. The van der Waals surface area contributed by atoms with Gasteiger partial charge in [-0.3, -0.25) is 9.78 Å². The predicted molar refractivity (Wildman–Crippen MR) is 75.3 cm³/mol. The Morgan fingerprint density at radius 2 is 1.95 bits per heavy atom. The van der Waals surface area contributed by atoms with Crippen molar-refractivity contribution in [2.24, 2.45) is 0 Å². The van der Waals surface area contributed by atoms with Gasteiger partial charge in [-0.25, -0.2) is 0 Å². The summed E-state index contributed by atoms with van der Waals surface area (Å²) in [4.78, 5) is 15.0. The van der Waals surface area contributed by atoms with Crippen molar-refractivity contribution < 1.29 is 4.79 Å². The summed E-state index contributed by atoms with van der Waals surface area (Å²) in [6.45, 7) is 0.899. The van der Waals surface area contributed by atoms with Crippen LogP contribution in [0.15, 0.2) is 55.0 Å². The molecule has 0 aliphatic rings. The number of benzene rings is 1. The minimum absolute atomic E-state index is 0.750. The van der Waals surface area contributed by atoms with Crippen LogP contribution < -0.4 is 0 Å². The van der Waals surface area contributed by atoms with E-state index in [0.29, 0.717) is 0 Å². The molecule has 3 nitrogen and oxygen atoms in total. The molecule has 2 aromatic heterocycles. The van der Waals surface area contributed by atoms with Gasteiger partial charge in [0.25, 0.3) is 0 Å². The molecule has 3 aromatic rings. The van der Waals surface area contributed by atoms with Crippen LogP contribution in [0.1, 0.15) is 15.9 Å². The maximum atomic E-state index is 11.0. The number of aromatic nitrogens is 2. The first-order valence-electron chi connectivity index (χ1n) is 6.30. The number of nitrogens with zero attached hydrogens (tertiary/aromatic N) is 2. The number of carbonyl (C=O) groups excluding carboxylic acids is 1. The van der Waals surface area contributed by atoms with Crippen LogP contribution in [-0.2, 0) is 13.0 Å². The van der Waals surface area contributed by atoms with Gasteiger partial charge in [0.2, 0.25) is 0 Å². The Balaban J connectivity index is 1.88. The standard InChI is InChI=1S/C16H14N2O/c19-12-14-2-1-3-16-15(14)7-11-18(16)10-6-13-4-8-17-9-5-13/h1-5,7-9,11-12H,6,10H2. The highest BCUT2D eigenvalue weighted by atomic mass is 16.1. The highest BCUT2D eigenvalue weighted by molar-refractivity contribution is 5.97. The molecule has 0 fully saturated rings. The van der Waals surface area contributed by atoms with Crippen molar-refractivity contribution in [3.8, 4) is 0 Å². The fourth-order valence-electron chi connectivity index (χ4n) is 2.34. The van der Waals surface area contributed by atoms with Crippen LogP contribution in [0.4, 0.5) is 0 Å². The van der Waals surface area contributed by atoms with Gasteiger partial charge in [0, 0.05) is 41.6 Å². The topological polar surface area (TPSA) is 34.9 Å². The zero-order valence-corrected chi connectivity index (χ0v) is 10.5. The first kappa shape index (κ1) is 11.7. The van der Waals surface area contributed by atoms with E-state index in [1.807, 2.05) is 48.9 Å². The molecule has 0 bridgehead atoms. The van der Waals surface area contributed by atoms with Crippen LogP contribution in [-0.4, -0.2) is 15.8 Å². The van der Waals surface area contributed by atoms with E-state index in [4.69, 9.17) is 0 Å². The molecular weight excluding hydrogens is 236 g/mol. The third-order valence-electron chi connectivity index (χ3n) is 3.37. The molecular formula is C16H14N2O. The van der Waals surface area contributed by atoms with Crippen LogP contribution in [0, 0.1) is 0 Å². The fourth-order valence-corrected chi connectivity index (χ4v) is 2.34. The van der Waals surface area contributed by atoms with Gasteiger partial charge in [-0.1, -0.05) is 12.1 Å². The smallest absolute Gasteiger partial charge is 0.150 e. The second-order valence-electron chi connectivity index (χ2n) is 4.51. The number of aryl methyl sites for hydroxylation is 2. The molecule has 0 N–H and O–H groups in total. The van der Waals surface area contributed by atoms with Crippen molar-refractivity contribution in [1.82, 2.24) is 9.55 Å². The number of carbonyl (C=O) groups is 1. The Hall–Kier alpha value is -2.42. The second kappa shape index (κ2) is 5.06. The van der Waals surface area contributed by atoms with E-state index in [-0.39, 0.29) is 0 Å². The molecule has 0 atom stereocenters. The normalized spacial score (nSPS) is 10.7. The molecule has 19 heavy (non-hydrogen) atoms. The molecule has 3 rings (SSSR count). The predicted octanol–water partition coefficient (Wildman–Crippen LogP) is 3.09. The summed E-state index contributed by atoms with van der Waals surface area (Å²) >= 11 is 0. The average molecular weight is 250 g/mol. The van der Waals surface area contributed by atoms with Gasteiger partial charge in [0.15, 0.2) is 6.29 Å². The number of rotatable bonds is 4. The van der Waals surface area contributed by atoms with Gasteiger partial charge >= 0.3 is 0 Å². The number of hydrogen-bond donors (Lipinski definition) is 0. The van der Waals surface area contributed by atoms with Gasteiger partial charge in [0.1, 0.15) is 0 Å². The number of aldehydes is 1. The number of pyridine rings is 1. The van der Waals surface area contributed by atoms with E-state index in [0.717, 1.165) is 35.7 Å². The summed E-state index contributed by atoms with van der Waals surface area (Å²) in [6, 6.07) is 11.9. The highest BCUT2D eigenvalue weighted by Gasteiger charge is 2.04.